The monoisotopic (exact) mass is 1910 g/mol. The first-order valence-electron chi connectivity index (χ1n) is 49.9. The van der Waals surface area contributed by atoms with Crippen molar-refractivity contribution in [2.75, 3.05) is 14.7 Å². The second kappa shape index (κ2) is 35.8. The second-order valence-corrected chi connectivity index (χ2v) is 40.6. The van der Waals surface area contributed by atoms with Crippen LogP contribution in [0.25, 0.3) is 176 Å². The quantitative estimate of drug-likeness (QED) is 0.0956. The fourth-order valence-electron chi connectivity index (χ4n) is 23.3. The Bertz CT molecular complexity index is 10000. The standard InChI is InChI=1S/C51H34N2S.C46H30N2S.C40H26N2S/c1-5-18-35(19-6-1)51(36-20-7-2-8-21-36)44-29-15-13-26-40(44)41-33-32-39(34-45(41)51)52(37-22-9-3-10-23-37)47-31-17-28-43-48-50(54-49(43)47)42-27-14-16-30-46(42)53(48)38-24-11-4-12-25-38;1-3-14-31(15-4-1)32-26-28-35(29-27-32)47(43-30-33-16-7-8-19-36(33)37-20-9-10-21-38(37)43)42-25-13-23-40-44-46(49-45(40)42)39-22-11-12-24-41(39)48(44)34-17-5-2-6-18-34;1-3-15-28(16-4-1)41(37-26-27-14-7-8-19-30(27)31-20-9-10-21-32(31)37)36-25-13-23-34-38-40(43-39(34)36)33-22-11-12-24-35(33)42(38)29-17-5-2-6-18-29/h1-34H;1-30H;1-26H. The van der Waals surface area contributed by atoms with E-state index >= 15 is 0 Å². The molecule has 0 N–H and O–H groups in total. The molecule has 0 saturated carbocycles. The highest BCUT2D eigenvalue weighted by Gasteiger charge is 2.47. The summed E-state index contributed by atoms with van der Waals surface area (Å²) < 4.78 is 15.1. The first-order chi connectivity index (χ1) is 72.5. The number of anilines is 9. The van der Waals surface area contributed by atoms with Gasteiger partial charge in [-0.1, -0.05) is 413 Å². The van der Waals surface area contributed by atoms with Gasteiger partial charge in [-0.05, 0) is 210 Å². The van der Waals surface area contributed by atoms with Gasteiger partial charge in [0.25, 0.3) is 0 Å². The fourth-order valence-corrected chi connectivity index (χ4v) is 27.3. The van der Waals surface area contributed by atoms with Gasteiger partial charge in [0.2, 0.25) is 0 Å². The number of hydrogen-bond donors (Lipinski definition) is 0. The van der Waals surface area contributed by atoms with Gasteiger partial charge in [0.05, 0.1) is 95.2 Å². The maximum absolute atomic E-state index is 2.48. The van der Waals surface area contributed by atoms with Gasteiger partial charge in [0.1, 0.15) is 0 Å². The molecule has 0 amide bonds. The summed E-state index contributed by atoms with van der Waals surface area (Å²) in [6.45, 7) is 0. The summed E-state index contributed by atoms with van der Waals surface area (Å²) in [5.41, 5.74) is 31.1. The molecule has 30 rings (SSSR count). The van der Waals surface area contributed by atoms with Crippen LogP contribution in [0.4, 0.5) is 51.2 Å². The Morgan fingerprint density at radius 1 is 0.171 bits per heavy atom. The van der Waals surface area contributed by atoms with Crippen molar-refractivity contribution in [3.63, 3.8) is 0 Å². The van der Waals surface area contributed by atoms with E-state index in [0.29, 0.717) is 0 Å². The molecular formula is C137H90N6S3. The summed E-state index contributed by atoms with van der Waals surface area (Å²) in [5, 5.41) is 17.6. The Labute approximate surface area is 856 Å². The zero-order valence-electron chi connectivity index (χ0n) is 79.4. The highest BCUT2D eigenvalue weighted by Crippen LogP contribution is 2.60. The van der Waals surface area contributed by atoms with Gasteiger partial charge >= 0.3 is 0 Å². The van der Waals surface area contributed by atoms with Crippen LogP contribution in [0.15, 0.2) is 546 Å². The molecule has 9 heteroatoms. The predicted octanol–water partition coefficient (Wildman–Crippen LogP) is 39.0. The number of thiophene rings is 3. The first kappa shape index (κ1) is 85.7. The van der Waals surface area contributed by atoms with Gasteiger partial charge in [-0.2, -0.15) is 0 Å². The number of fused-ring (bicyclic) bond motifs is 24. The Morgan fingerprint density at radius 3 is 0.884 bits per heavy atom. The van der Waals surface area contributed by atoms with Gasteiger partial charge in [0.15, 0.2) is 0 Å². The molecule has 23 aromatic carbocycles. The van der Waals surface area contributed by atoms with Crippen molar-refractivity contribution in [3.8, 4) is 39.3 Å². The van der Waals surface area contributed by atoms with E-state index in [1.165, 1.54) is 227 Å². The number of benzene rings is 23. The maximum atomic E-state index is 2.48. The minimum Gasteiger partial charge on any atom is -0.309 e. The molecule has 1 aliphatic carbocycles. The lowest BCUT2D eigenvalue weighted by molar-refractivity contribution is 0.768. The van der Waals surface area contributed by atoms with Gasteiger partial charge in [-0.3, -0.25) is 0 Å². The molecule has 6 heterocycles. The molecule has 686 valence electrons. The highest BCUT2D eigenvalue weighted by atomic mass is 32.1. The Kier molecular flexibility index (Phi) is 21.0. The molecule has 0 spiro atoms. The van der Waals surface area contributed by atoms with E-state index in [1.54, 1.807) is 0 Å². The van der Waals surface area contributed by atoms with Crippen molar-refractivity contribution in [2.24, 2.45) is 0 Å². The Balaban J connectivity index is 0.000000107. The van der Waals surface area contributed by atoms with Crippen LogP contribution in [0.3, 0.4) is 0 Å². The van der Waals surface area contributed by atoms with E-state index in [9.17, 15) is 0 Å². The van der Waals surface area contributed by atoms with Gasteiger partial charge in [-0.15, -0.1) is 34.0 Å². The Morgan fingerprint density at radius 2 is 0.466 bits per heavy atom. The number of rotatable bonds is 15. The van der Waals surface area contributed by atoms with Crippen LogP contribution in [-0.4, -0.2) is 13.7 Å². The van der Waals surface area contributed by atoms with E-state index in [4.69, 9.17) is 0 Å². The molecule has 6 nitrogen and oxygen atoms in total. The van der Waals surface area contributed by atoms with Gasteiger partial charge in [0, 0.05) is 82.9 Å². The lowest BCUT2D eigenvalue weighted by Crippen LogP contribution is -2.28. The molecule has 0 radical (unpaired) electrons. The zero-order chi connectivity index (χ0) is 96.3. The number of para-hydroxylation sites is 8. The van der Waals surface area contributed by atoms with Crippen molar-refractivity contribution in [2.45, 2.75) is 5.41 Å². The molecule has 0 bridgehead atoms. The molecular weight excluding hydrogens is 1830 g/mol. The summed E-state index contributed by atoms with van der Waals surface area (Å²) in [6, 6.07) is 199. The molecule has 0 unspecified atom stereocenters. The largest absolute Gasteiger partial charge is 0.309 e. The van der Waals surface area contributed by atoms with Gasteiger partial charge in [-0.25, -0.2) is 0 Å². The molecule has 0 fully saturated rings. The van der Waals surface area contributed by atoms with Crippen molar-refractivity contribution in [3.05, 3.63) is 568 Å². The number of aromatic nitrogens is 3. The van der Waals surface area contributed by atoms with E-state index in [1.807, 2.05) is 34.0 Å². The van der Waals surface area contributed by atoms with Crippen LogP contribution < -0.4 is 14.7 Å². The summed E-state index contributed by atoms with van der Waals surface area (Å²) in [5.74, 6) is 0. The molecule has 146 heavy (non-hydrogen) atoms. The van der Waals surface area contributed by atoms with Crippen molar-refractivity contribution >= 4 is 222 Å². The van der Waals surface area contributed by atoms with E-state index < -0.39 is 5.41 Å². The van der Waals surface area contributed by atoms with Crippen molar-refractivity contribution in [1.82, 2.24) is 13.7 Å². The Hall–Kier alpha value is -18.2. The summed E-state index contributed by atoms with van der Waals surface area (Å²) in [7, 11) is 0. The summed E-state index contributed by atoms with van der Waals surface area (Å²) >= 11 is 5.69. The summed E-state index contributed by atoms with van der Waals surface area (Å²) in [6.07, 6.45) is 0. The van der Waals surface area contributed by atoms with Gasteiger partial charge < -0.3 is 28.4 Å². The second-order valence-electron chi connectivity index (χ2n) is 37.5. The molecule has 0 atom stereocenters. The summed E-state index contributed by atoms with van der Waals surface area (Å²) in [4.78, 5) is 7.41. The predicted molar refractivity (Wildman–Crippen MR) is 625 cm³/mol. The lowest BCUT2D eigenvalue weighted by atomic mass is 9.67. The molecule has 6 aromatic heterocycles. The molecule has 29 aromatic rings. The SMILES string of the molecule is c1ccc(-c2ccc(N(c3cc4ccccc4c4ccccc34)c3cccc4c3sc3c5ccccc5n(-c5ccccc5)c43)cc2)cc1.c1ccc(N(c2cc3ccccc3c3ccccc23)c2cccc3c2sc2c4ccccc4n(-c4ccccc4)c32)cc1.c1ccc(N(c2ccc3c(c2)C(c2ccccc2)(c2ccccc2)c2ccccc2-3)c2cccc3c2sc2c4ccccc4n(-c4ccccc4)c32)cc1. The molecule has 0 saturated heterocycles. The van der Waals surface area contributed by atoms with Crippen LogP contribution in [0.1, 0.15) is 22.3 Å². The first-order valence-corrected chi connectivity index (χ1v) is 52.3. The zero-order valence-corrected chi connectivity index (χ0v) is 81.8. The third-order valence-corrected chi connectivity index (χ3v) is 33.3. The normalized spacial score (nSPS) is 12.2. The number of nitrogens with zero attached hydrogens (tertiary/aromatic N) is 6. The lowest BCUT2D eigenvalue weighted by Gasteiger charge is -2.35. The average Bonchev–Trinajstić information content (AvgIpc) is 1.53. The molecule has 0 aliphatic heterocycles. The van der Waals surface area contributed by atoms with Crippen LogP contribution >= 0.6 is 34.0 Å². The topological polar surface area (TPSA) is 24.5 Å². The smallest absolute Gasteiger partial charge is 0.0728 e. The average molecular weight is 1920 g/mol. The third kappa shape index (κ3) is 13.9. The minimum absolute atomic E-state index is 0.483. The van der Waals surface area contributed by atoms with Crippen LogP contribution in [0.2, 0.25) is 0 Å². The van der Waals surface area contributed by atoms with Crippen LogP contribution in [0, 0.1) is 0 Å². The number of hydrogen-bond acceptors (Lipinski definition) is 6. The van der Waals surface area contributed by atoms with E-state index in [2.05, 4.69) is 574 Å². The van der Waals surface area contributed by atoms with Crippen molar-refractivity contribution < 1.29 is 0 Å². The maximum Gasteiger partial charge on any atom is 0.0728 e. The van der Waals surface area contributed by atoms with Crippen LogP contribution in [-0.2, 0) is 5.41 Å². The fraction of sp³-hybridized carbons (Fsp3) is 0.00730. The van der Waals surface area contributed by atoms with Crippen LogP contribution in [0.5, 0.6) is 0 Å². The molecule has 1 aliphatic rings. The highest BCUT2D eigenvalue weighted by molar-refractivity contribution is 7.28. The van der Waals surface area contributed by atoms with Crippen molar-refractivity contribution in [1.29, 1.82) is 0 Å². The van der Waals surface area contributed by atoms with E-state index in [-0.39, 0.29) is 0 Å². The minimum atomic E-state index is -0.483. The third-order valence-electron chi connectivity index (χ3n) is 29.5. The van der Waals surface area contributed by atoms with E-state index in [0.717, 1.165) is 22.7 Å².